The zero-order valence-electron chi connectivity index (χ0n) is 10.9. The number of benzene rings is 1. The maximum atomic E-state index is 9.08. The molecule has 20 heavy (non-hydrogen) atoms. The zero-order chi connectivity index (χ0) is 13.8. The Bertz CT molecular complexity index is 793. The molecule has 3 aromatic rings. The van der Waals surface area contributed by atoms with Crippen molar-refractivity contribution in [2.24, 2.45) is 0 Å². The van der Waals surface area contributed by atoms with Crippen molar-refractivity contribution in [1.82, 2.24) is 9.97 Å². The van der Waals surface area contributed by atoms with Gasteiger partial charge in [0.2, 0.25) is 0 Å². The van der Waals surface area contributed by atoms with Gasteiger partial charge >= 0.3 is 0 Å². The number of fused-ring (bicyclic) bond motifs is 1. The molecule has 3 nitrogen and oxygen atoms in total. The van der Waals surface area contributed by atoms with Gasteiger partial charge in [0, 0.05) is 35.5 Å². The minimum atomic E-state index is 0.135. The number of rotatable bonds is 2. The highest BCUT2D eigenvalue weighted by Crippen LogP contribution is 2.14. The Kier molecular flexibility index (Phi) is 3.49. The summed E-state index contributed by atoms with van der Waals surface area (Å²) in [5.74, 6) is 6.39. The Morgan fingerprint density at radius 1 is 1.05 bits per heavy atom. The fourth-order valence-electron chi connectivity index (χ4n) is 2.19. The third-order valence-electron chi connectivity index (χ3n) is 3.19. The molecular weight excluding hydrogens is 248 g/mol. The number of hydrogen-bond donors (Lipinski definition) is 2. The molecule has 0 amide bonds. The summed E-state index contributed by atoms with van der Waals surface area (Å²) in [7, 11) is 0. The zero-order valence-corrected chi connectivity index (χ0v) is 10.9. The van der Waals surface area contributed by atoms with Crippen LogP contribution in [0.1, 0.15) is 16.7 Å². The van der Waals surface area contributed by atoms with E-state index in [1.54, 1.807) is 6.20 Å². The fourth-order valence-corrected chi connectivity index (χ4v) is 2.19. The average molecular weight is 262 g/mol. The van der Waals surface area contributed by atoms with Crippen LogP contribution < -0.4 is 0 Å². The average Bonchev–Trinajstić information content (AvgIpc) is 2.96. The van der Waals surface area contributed by atoms with Crippen molar-refractivity contribution in [1.29, 1.82) is 0 Å². The predicted molar refractivity (Wildman–Crippen MR) is 79.3 cm³/mol. The van der Waals surface area contributed by atoms with Gasteiger partial charge < -0.3 is 10.1 Å². The second kappa shape index (κ2) is 5.60. The molecule has 0 aliphatic rings. The van der Waals surface area contributed by atoms with Crippen LogP contribution in [-0.2, 0) is 6.42 Å². The number of nitrogens with one attached hydrogen (secondary N) is 1. The van der Waals surface area contributed by atoms with Crippen LogP contribution in [0.2, 0.25) is 0 Å². The number of aromatic nitrogens is 2. The molecule has 0 aliphatic carbocycles. The molecule has 0 saturated carbocycles. The van der Waals surface area contributed by atoms with Crippen molar-refractivity contribution >= 4 is 11.0 Å². The lowest BCUT2D eigenvalue weighted by atomic mass is 10.0. The predicted octanol–water partition coefficient (Wildman–Crippen LogP) is 2.50. The number of nitrogens with zero attached hydrogens (tertiary/aromatic N) is 1. The lowest BCUT2D eigenvalue weighted by Gasteiger charge is -2.01. The fraction of sp³-hybridized carbons (Fsp3) is 0.118. The van der Waals surface area contributed by atoms with Crippen LogP contribution in [0.3, 0.4) is 0 Å². The lowest BCUT2D eigenvalue weighted by Crippen LogP contribution is -1.94. The lowest BCUT2D eigenvalue weighted by molar-refractivity contribution is 0.299. The quantitative estimate of drug-likeness (QED) is 0.697. The van der Waals surface area contributed by atoms with Crippen molar-refractivity contribution in [3.05, 3.63) is 65.5 Å². The molecule has 0 aliphatic heterocycles. The first-order valence-electron chi connectivity index (χ1n) is 6.51. The molecule has 2 N–H and O–H groups in total. The molecule has 0 unspecified atom stereocenters. The van der Waals surface area contributed by atoms with Gasteiger partial charge in [-0.3, -0.25) is 0 Å². The van der Waals surface area contributed by atoms with E-state index in [0.717, 1.165) is 27.7 Å². The largest absolute Gasteiger partial charge is 0.396 e. The highest BCUT2D eigenvalue weighted by molar-refractivity contribution is 5.82. The Balaban J connectivity index is 2.02. The summed E-state index contributed by atoms with van der Waals surface area (Å²) in [4.78, 5) is 7.33. The van der Waals surface area contributed by atoms with E-state index in [9.17, 15) is 0 Å². The molecule has 2 aromatic heterocycles. The van der Waals surface area contributed by atoms with E-state index >= 15 is 0 Å². The van der Waals surface area contributed by atoms with Gasteiger partial charge in [-0.2, -0.15) is 0 Å². The minimum Gasteiger partial charge on any atom is -0.396 e. The van der Waals surface area contributed by atoms with Crippen LogP contribution in [0.15, 0.2) is 48.8 Å². The van der Waals surface area contributed by atoms with Gasteiger partial charge in [0.05, 0.1) is 0 Å². The smallest absolute Gasteiger partial charge is 0.138 e. The Morgan fingerprint density at radius 2 is 1.90 bits per heavy atom. The standard InChI is InChI=1S/C17H14N2O/c20-12-9-14-4-2-1-3-13(14)5-6-15-7-10-18-17-16(15)8-11-19-17/h1-4,7-8,10-11,20H,9,12H2,(H,18,19). The first-order valence-corrected chi connectivity index (χ1v) is 6.51. The Labute approximate surface area is 117 Å². The van der Waals surface area contributed by atoms with Crippen molar-refractivity contribution in [3.8, 4) is 11.8 Å². The maximum Gasteiger partial charge on any atom is 0.138 e. The van der Waals surface area contributed by atoms with E-state index in [1.807, 2.05) is 42.6 Å². The molecule has 0 fully saturated rings. The van der Waals surface area contributed by atoms with Gasteiger partial charge in [-0.15, -0.1) is 0 Å². The van der Waals surface area contributed by atoms with Crippen LogP contribution in [0.4, 0.5) is 0 Å². The number of pyridine rings is 1. The van der Waals surface area contributed by atoms with Crippen molar-refractivity contribution in [2.45, 2.75) is 6.42 Å². The van der Waals surface area contributed by atoms with E-state index in [0.29, 0.717) is 6.42 Å². The third-order valence-corrected chi connectivity index (χ3v) is 3.19. The summed E-state index contributed by atoms with van der Waals surface area (Å²) in [6.45, 7) is 0.135. The number of hydrogen-bond acceptors (Lipinski definition) is 2. The van der Waals surface area contributed by atoms with E-state index in [2.05, 4.69) is 21.8 Å². The Hall–Kier alpha value is -2.57. The third kappa shape index (κ3) is 2.42. The minimum absolute atomic E-state index is 0.135. The molecule has 3 heteroatoms. The van der Waals surface area contributed by atoms with Gasteiger partial charge in [0.15, 0.2) is 0 Å². The van der Waals surface area contributed by atoms with Gasteiger partial charge in [0.25, 0.3) is 0 Å². The summed E-state index contributed by atoms with van der Waals surface area (Å²) in [5.41, 5.74) is 3.83. The van der Waals surface area contributed by atoms with Gasteiger partial charge in [-0.05, 0) is 30.2 Å². The first-order chi connectivity index (χ1) is 9.88. The van der Waals surface area contributed by atoms with Crippen LogP contribution in [0.25, 0.3) is 11.0 Å². The van der Waals surface area contributed by atoms with Crippen molar-refractivity contribution in [3.63, 3.8) is 0 Å². The monoisotopic (exact) mass is 262 g/mol. The van der Waals surface area contributed by atoms with Crippen LogP contribution in [0.5, 0.6) is 0 Å². The van der Waals surface area contributed by atoms with Gasteiger partial charge in [0.1, 0.15) is 5.65 Å². The highest BCUT2D eigenvalue weighted by atomic mass is 16.2. The van der Waals surface area contributed by atoms with Crippen LogP contribution in [0, 0.1) is 11.8 Å². The summed E-state index contributed by atoms with van der Waals surface area (Å²) in [6.07, 6.45) is 4.24. The molecule has 0 atom stereocenters. The molecule has 2 heterocycles. The van der Waals surface area contributed by atoms with Crippen molar-refractivity contribution < 1.29 is 5.11 Å². The van der Waals surface area contributed by atoms with Crippen molar-refractivity contribution in [2.75, 3.05) is 6.61 Å². The number of aromatic amines is 1. The summed E-state index contributed by atoms with van der Waals surface area (Å²) < 4.78 is 0. The van der Waals surface area contributed by atoms with Crippen LogP contribution >= 0.6 is 0 Å². The molecule has 0 bridgehead atoms. The van der Waals surface area contributed by atoms with E-state index in [4.69, 9.17) is 5.11 Å². The molecule has 98 valence electrons. The second-order valence-corrected chi connectivity index (χ2v) is 4.48. The summed E-state index contributed by atoms with van der Waals surface area (Å²) in [6, 6.07) is 11.8. The van der Waals surface area contributed by atoms with Gasteiger partial charge in [-0.1, -0.05) is 30.0 Å². The van der Waals surface area contributed by atoms with E-state index in [1.165, 1.54) is 0 Å². The molecule has 0 saturated heterocycles. The summed E-state index contributed by atoms with van der Waals surface area (Å²) in [5, 5.41) is 10.1. The maximum absolute atomic E-state index is 9.08. The van der Waals surface area contributed by atoms with E-state index < -0.39 is 0 Å². The topological polar surface area (TPSA) is 48.9 Å². The SMILES string of the molecule is OCCc1ccccc1C#Cc1ccnc2[nH]ccc12. The molecule has 0 radical (unpaired) electrons. The molecular formula is C17H14N2O. The molecule has 1 aromatic carbocycles. The van der Waals surface area contributed by atoms with Crippen LogP contribution in [-0.4, -0.2) is 21.7 Å². The number of H-pyrrole nitrogens is 1. The normalized spacial score (nSPS) is 10.2. The highest BCUT2D eigenvalue weighted by Gasteiger charge is 2.00. The number of aliphatic hydroxyl groups excluding tert-OH is 1. The molecule has 3 rings (SSSR count). The van der Waals surface area contributed by atoms with E-state index in [-0.39, 0.29) is 6.61 Å². The number of aliphatic hydroxyl groups is 1. The first kappa shape index (κ1) is 12.5. The molecule has 0 spiro atoms. The Morgan fingerprint density at radius 3 is 2.80 bits per heavy atom. The van der Waals surface area contributed by atoms with Gasteiger partial charge in [-0.25, -0.2) is 4.98 Å². The second-order valence-electron chi connectivity index (χ2n) is 4.48. The summed E-state index contributed by atoms with van der Waals surface area (Å²) >= 11 is 0.